The van der Waals surface area contributed by atoms with Gasteiger partial charge in [-0.05, 0) is 105 Å². The lowest BCUT2D eigenvalue weighted by molar-refractivity contribution is 1.18. The minimum atomic E-state index is 1.14. The molecule has 2 heteroatoms. The number of rotatable bonds is 6. The molecule has 0 radical (unpaired) electrons. The quantitative estimate of drug-likeness (QED) is 0.162. The lowest BCUT2D eigenvalue weighted by Crippen LogP contribution is -1.95. The normalized spacial score (nSPS) is 11.6. The summed E-state index contributed by atoms with van der Waals surface area (Å²) in [6.45, 7) is 0. The molecule has 0 saturated heterocycles. The lowest BCUT2D eigenvalue weighted by atomic mass is 9.99. The van der Waals surface area contributed by atoms with Crippen LogP contribution in [0.4, 0.5) is 0 Å². The number of benzene rings is 9. The Bertz CT molecular complexity index is 3210. The van der Waals surface area contributed by atoms with Gasteiger partial charge in [0.1, 0.15) is 0 Å². The Hall–Kier alpha value is -7.42. The smallest absolute Gasteiger partial charge is 0.0547 e. The number of aromatic nitrogens is 2. The molecule has 0 atom stereocenters. The molecule has 0 fully saturated rings. The molecule has 0 amide bonds. The van der Waals surface area contributed by atoms with Crippen molar-refractivity contribution in [3.63, 3.8) is 0 Å². The van der Waals surface area contributed by atoms with E-state index in [0.717, 1.165) is 5.69 Å². The first-order valence-corrected chi connectivity index (χ1v) is 19.3. The molecule has 56 heavy (non-hydrogen) atoms. The van der Waals surface area contributed by atoms with Crippen LogP contribution in [0.3, 0.4) is 0 Å². The molecule has 0 unspecified atom stereocenters. The van der Waals surface area contributed by atoms with Crippen molar-refractivity contribution >= 4 is 43.6 Å². The van der Waals surface area contributed by atoms with Gasteiger partial charge >= 0.3 is 0 Å². The van der Waals surface area contributed by atoms with Crippen LogP contribution in [0.1, 0.15) is 0 Å². The molecule has 0 aliphatic heterocycles. The third-order valence-electron chi connectivity index (χ3n) is 11.3. The maximum absolute atomic E-state index is 2.44. The van der Waals surface area contributed by atoms with Crippen LogP contribution in [0.5, 0.6) is 0 Å². The highest BCUT2D eigenvalue weighted by Gasteiger charge is 2.17. The van der Waals surface area contributed by atoms with E-state index in [1.54, 1.807) is 0 Å². The number of nitrogens with zero attached hydrogens (tertiary/aromatic N) is 2. The van der Waals surface area contributed by atoms with Gasteiger partial charge in [-0.2, -0.15) is 0 Å². The monoisotopic (exact) mass is 712 g/mol. The fraction of sp³-hybridized carbons (Fsp3) is 0. The molecule has 11 aromatic rings. The molecule has 262 valence electrons. The Balaban J connectivity index is 1.07. The van der Waals surface area contributed by atoms with E-state index in [1.165, 1.54) is 93.8 Å². The van der Waals surface area contributed by atoms with Gasteiger partial charge in [0.25, 0.3) is 0 Å². The summed E-state index contributed by atoms with van der Waals surface area (Å²) in [5.74, 6) is 0. The third-order valence-corrected chi connectivity index (χ3v) is 11.3. The molecule has 0 spiro atoms. The second kappa shape index (κ2) is 13.2. The average Bonchev–Trinajstić information content (AvgIpc) is 3.79. The zero-order valence-corrected chi connectivity index (χ0v) is 30.7. The van der Waals surface area contributed by atoms with Crippen molar-refractivity contribution in [3.05, 3.63) is 218 Å². The Morgan fingerprint density at radius 1 is 0.196 bits per heavy atom. The van der Waals surface area contributed by atoms with Crippen molar-refractivity contribution in [2.45, 2.75) is 0 Å². The fourth-order valence-corrected chi connectivity index (χ4v) is 8.61. The molecule has 9 aromatic carbocycles. The van der Waals surface area contributed by atoms with Crippen molar-refractivity contribution in [2.75, 3.05) is 0 Å². The van der Waals surface area contributed by atoms with E-state index in [9.17, 15) is 0 Å². The van der Waals surface area contributed by atoms with Crippen molar-refractivity contribution in [1.29, 1.82) is 0 Å². The molecule has 2 aromatic heterocycles. The van der Waals surface area contributed by atoms with Gasteiger partial charge in [0.05, 0.1) is 22.1 Å². The van der Waals surface area contributed by atoms with Crippen molar-refractivity contribution in [1.82, 2.24) is 9.13 Å². The second-order valence-corrected chi connectivity index (χ2v) is 14.6. The van der Waals surface area contributed by atoms with Crippen LogP contribution in [0.2, 0.25) is 0 Å². The van der Waals surface area contributed by atoms with Crippen LogP contribution in [-0.4, -0.2) is 9.13 Å². The van der Waals surface area contributed by atoms with Gasteiger partial charge in [0.2, 0.25) is 0 Å². The Morgan fingerprint density at radius 2 is 0.589 bits per heavy atom. The first-order chi connectivity index (χ1) is 27.8. The van der Waals surface area contributed by atoms with E-state index < -0.39 is 0 Å². The average molecular weight is 713 g/mol. The van der Waals surface area contributed by atoms with E-state index in [2.05, 4.69) is 228 Å². The van der Waals surface area contributed by atoms with Gasteiger partial charge in [-0.25, -0.2) is 0 Å². The summed E-state index contributed by atoms with van der Waals surface area (Å²) >= 11 is 0. The largest absolute Gasteiger partial charge is 0.309 e. The highest BCUT2D eigenvalue weighted by atomic mass is 15.0. The molecular weight excluding hydrogens is 677 g/mol. The highest BCUT2D eigenvalue weighted by molar-refractivity contribution is 6.13. The second-order valence-electron chi connectivity index (χ2n) is 14.6. The summed E-state index contributed by atoms with van der Waals surface area (Å²) in [7, 11) is 0. The minimum Gasteiger partial charge on any atom is -0.309 e. The SMILES string of the molecule is c1ccc(-c2ccc(-c3cccc(-n4c5ccc(-c6ccc7c(c6)c6ccccc6n7-c6ccccc6)cc5c5ccc(-c6ccccc6)cc54)c3)cc2)cc1. The molecular formula is C54H36N2. The Morgan fingerprint density at radius 3 is 1.25 bits per heavy atom. The van der Waals surface area contributed by atoms with Gasteiger partial charge in [0.15, 0.2) is 0 Å². The minimum absolute atomic E-state index is 1.14. The van der Waals surface area contributed by atoms with Crippen LogP contribution in [-0.2, 0) is 0 Å². The molecule has 0 bridgehead atoms. The van der Waals surface area contributed by atoms with E-state index in [1.807, 2.05) is 0 Å². The van der Waals surface area contributed by atoms with Crippen LogP contribution in [0.25, 0.3) is 99.5 Å². The highest BCUT2D eigenvalue weighted by Crippen LogP contribution is 2.40. The van der Waals surface area contributed by atoms with E-state index in [4.69, 9.17) is 0 Å². The summed E-state index contributed by atoms with van der Waals surface area (Å²) in [6.07, 6.45) is 0. The standard InChI is InChI=1S/C54H36N2/c1-4-13-37(14-5-1)39-23-25-40(26-24-39)41-17-12-20-46(33-41)56-53-32-29-43(35-50(53)48-30-27-44(36-54(48)56)38-15-6-2-7-16-38)42-28-31-52-49(34-42)47-21-10-11-22-51(47)55(52)45-18-8-3-9-19-45/h1-36H. The van der Waals surface area contributed by atoms with Gasteiger partial charge in [-0.3, -0.25) is 0 Å². The maximum atomic E-state index is 2.44. The molecule has 0 aliphatic rings. The summed E-state index contributed by atoms with van der Waals surface area (Å²) in [5, 5.41) is 4.99. The molecule has 0 aliphatic carbocycles. The van der Waals surface area contributed by atoms with Gasteiger partial charge in [0, 0.05) is 32.9 Å². The molecule has 0 saturated carbocycles. The molecule has 2 nitrogen and oxygen atoms in total. The van der Waals surface area contributed by atoms with E-state index in [-0.39, 0.29) is 0 Å². The number of hydrogen-bond donors (Lipinski definition) is 0. The number of para-hydroxylation sites is 2. The van der Waals surface area contributed by atoms with Gasteiger partial charge in [-0.1, -0.05) is 158 Å². The number of hydrogen-bond acceptors (Lipinski definition) is 0. The third kappa shape index (κ3) is 5.34. The topological polar surface area (TPSA) is 9.86 Å². The lowest BCUT2D eigenvalue weighted by Gasteiger charge is -2.12. The fourth-order valence-electron chi connectivity index (χ4n) is 8.61. The molecule has 2 heterocycles. The van der Waals surface area contributed by atoms with E-state index >= 15 is 0 Å². The summed E-state index contributed by atoms with van der Waals surface area (Å²) in [5.41, 5.74) is 16.8. The zero-order valence-electron chi connectivity index (χ0n) is 30.7. The van der Waals surface area contributed by atoms with Crippen molar-refractivity contribution in [2.24, 2.45) is 0 Å². The predicted molar refractivity (Wildman–Crippen MR) is 237 cm³/mol. The number of fused-ring (bicyclic) bond motifs is 6. The molecule has 11 rings (SSSR count). The first kappa shape index (κ1) is 32.0. The Labute approximate surface area is 325 Å². The molecule has 0 N–H and O–H groups in total. The predicted octanol–water partition coefficient (Wildman–Crippen LogP) is 14.5. The van der Waals surface area contributed by atoms with E-state index in [0.29, 0.717) is 0 Å². The van der Waals surface area contributed by atoms with Crippen molar-refractivity contribution < 1.29 is 0 Å². The first-order valence-electron chi connectivity index (χ1n) is 19.3. The Kier molecular flexibility index (Phi) is 7.53. The zero-order chi connectivity index (χ0) is 37.0. The van der Waals surface area contributed by atoms with Gasteiger partial charge in [-0.15, -0.1) is 0 Å². The summed E-state index contributed by atoms with van der Waals surface area (Å²) < 4.78 is 4.82. The van der Waals surface area contributed by atoms with Crippen LogP contribution in [0, 0.1) is 0 Å². The van der Waals surface area contributed by atoms with Crippen LogP contribution >= 0.6 is 0 Å². The van der Waals surface area contributed by atoms with Crippen LogP contribution < -0.4 is 0 Å². The van der Waals surface area contributed by atoms with Crippen LogP contribution in [0.15, 0.2) is 218 Å². The maximum Gasteiger partial charge on any atom is 0.0547 e. The van der Waals surface area contributed by atoms with Crippen molar-refractivity contribution in [3.8, 4) is 55.9 Å². The van der Waals surface area contributed by atoms with Gasteiger partial charge < -0.3 is 9.13 Å². The summed E-state index contributed by atoms with van der Waals surface area (Å²) in [4.78, 5) is 0. The summed E-state index contributed by atoms with van der Waals surface area (Å²) in [6, 6.07) is 79.4.